The van der Waals surface area contributed by atoms with Gasteiger partial charge >= 0.3 is 0 Å². The van der Waals surface area contributed by atoms with E-state index in [0.29, 0.717) is 0 Å². The van der Waals surface area contributed by atoms with Crippen LogP contribution in [-0.4, -0.2) is 0 Å². The third kappa shape index (κ3) is 1.73. The quantitative estimate of drug-likeness (QED) is 0.556. The van der Waals surface area contributed by atoms with Gasteiger partial charge in [0.25, 0.3) is 0 Å². The summed E-state index contributed by atoms with van der Waals surface area (Å²) in [6.45, 7) is 4.52. The van der Waals surface area contributed by atoms with E-state index in [-0.39, 0.29) is 5.41 Å². The van der Waals surface area contributed by atoms with Crippen molar-refractivity contribution in [1.29, 1.82) is 5.26 Å². The summed E-state index contributed by atoms with van der Waals surface area (Å²) in [4.78, 5) is 0. The topological polar surface area (TPSA) is 23.8 Å². The lowest BCUT2D eigenvalue weighted by molar-refractivity contribution is 0.0786. The van der Waals surface area contributed by atoms with Gasteiger partial charge in [0.1, 0.15) is 0 Å². The maximum absolute atomic E-state index is 9.12. The van der Waals surface area contributed by atoms with Crippen LogP contribution in [0.5, 0.6) is 0 Å². The monoisotopic (exact) mass is 177 g/mol. The predicted octanol–water partition coefficient (Wildman–Crippen LogP) is 3.36. The molecule has 2 unspecified atom stereocenters. The zero-order valence-electron chi connectivity index (χ0n) is 8.71. The second-order valence-corrected chi connectivity index (χ2v) is 5.63. The third-order valence-corrected chi connectivity index (χ3v) is 3.89. The molecular weight excluding hydrogens is 158 g/mol. The summed E-state index contributed by atoms with van der Waals surface area (Å²) in [6.07, 6.45) is 6.46. The molecule has 2 bridgehead atoms. The lowest BCUT2D eigenvalue weighted by atomic mass is 9.60. The summed E-state index contributed by atoms with van der Waals surface area (Å²) < 4.78 is 0. The molecule has 2 saturated carbocycles. The maximum Gasteiger partial charge on any atom is 0.0687 e. The van der Waals surface area contributed by atoms with Crippen LogP contribution in [-0.2, 0) is 0 Å². The van der Waals surface area contributed by atoms with Gasteiger partial charge in [-0.3, -0.25) is 0 Å². The van der Waals surface area contributed by atoms with Crippen molar-refractivity contribution in [3.63, 3.8) is 0 Å². The average molecular weight is 177 g/mol. The highest BCUT2D eigenvalue weighted by atomic mass is 14.5. The van der Waals surface area contributed by atoms with Crippen LogP contribution in [0.2, 0.25) is 0 Å². The molecule has 0 aromatic carbocycles. The third-order valence-electron chi connectivity index (χ3n) is 3.89. The Kier molecular flexibility index (Phi) is 2.10. The molecule has 0 aromatic heterocycles. The number of fused-ring (bicyclic) bond motifs is 2. The zero-order valence-corrected chi connectivity index (χ0v) is 8.71. The standard InChI is InChI=1S/C12H19N/c1-9-3-10-5-11(4-9)7-12(2,6-10)8-13/h9-11H,3-7H2,1-2H3. The minimum absolute atomic E-state index is 0.00766. The van der Waals surface area contributed by atoms with E-state index in [1.54, 1.807) is 0 Å². The van der Waals surface area contributed by atoms with Gasteiger partial charge in [-0.15, -0.1) is 0 Å². The predicted molar refractivity (Wildman–Crippen MR) is 52.9 cm³/mol. The smallest absolute Gasteiger partial charge is 0.0687 e. The molecule has 2 atom stereocenters. The first kappa shape index (κ1) is 9.06. The molecule has 2 aliphatic rings. The van der Waals surface area contributed by atoms with Gasteiger partial charge in [-0.1, -0.05) is 6.92 Å². The molecule has 1 heteroatoms. The van der Waals surface area contributed by atoms with Gasteiger partial charge in [0, 0.05) is 0 Å². The van der Waals surface area contributed by atoms with Crippen molar-refractivity contribution in [1.82, 2.24) is 0 Å². The van der Waals surface area contributed by atoms with Crippen molar-refractivity contribution in [3.05, 3.63) is 0 Å². The summed E-state index contributed by atoms with van der Waals surface area (Å²) in [5.74, 6) is 2.62. The minimum Gasteiger partial charge on any atom is -0.198 e. The van der Waals surface area contributed by atoms with Crippen molar-refractivity contribution in [3.8, 4) is 6.07 Å². The fraction of sp³-hybridized carbons (Fsp3) is 0.917. The van der Waals surface area contributed by atoms with Gasteiger partial charge in [-0.05, 0) is 56.8 Å². The van der Waals surface area contributed by atoms with E-state index in [4.69, 9.17) is 5.26 Å². The molecule has 2 fully saturated rings. The van der Waals surface area contributed by atoms with Crippen LogP contribution >= 0.6 is 0 Å². The van der Waals surface area contributed by atoms with Gasteiger partial charge in [-0.2, -0.15) is 5.26 Å². The van der Waals surface area contributed by atoms with Crippen LogP contribution in [0.1, 0.15) is 46.0 Å². The fourth-order valence-electron chi connectivity index (χ4n) is 3.68. The molecule has 0 spiro atoms. The van der Waals surface area contributed by atoms with Crippen LogP contribution < -0.4 is 0 Å². The highest BCUT2D eigenvalue weighted by molar-refractivity contribution is 5.02. The Hall–Kier alpha value is -0.510. The van der Waals surface area contributed by atoms with E-state index in [2.05, 4.69) is 19.9 Å². The van der Waals surface area contributed by atoms with E-state index >= 15 is 0 Å². The number of hydrogen-bond donors (Lipinski definition) is 0. The number of rotatable bonds is 0. The van der Waals surface area contributed by atoms with E-state index in [1.807, 2.05) is 0 Å². The highest BCUT2D eigenvalue weighted by Crippen LogP contribution is 2.49. The summed E-state index contributed by atoms with van der Waals surface area (Å²) in [7, 11) is 0. The number of hydrogen-bond acceptors (Lipinski definition) is 1. The minimum atomic E-state index is 0.00766. The Morgan fingerprint density at radius 3 is 2.15 bits per heavy atom. The highest BCUT2D eigenvalue weighted by Gasteiger charge is 2.40. The van der Waals surface area contributed by atoms with E-state index in [1.165, 1.54) is 19.3 Å². The maximum atomic E-state index is 9.12. The van der Waals surface area contributed by atoms with Crippen molar-refractivity contribution in [2.75, 3.05) is 0 Å². The molecule has 0 aromatic rings. The normalized spacial score (nSPS) is 49.8. The summed E-state index contributed by atoms with van der Waals surface area (Å²) >= 11 is 0. The largest absolute Gasteiger partial charge is 0.198 e. The van der Waals surface area contributed by atoms with Gasteiger partial charge < -0.3 is 0 Å². The Bertz CT molecular complexity index is 220. The lowest BCUT2D eigenvalue weighted by Gasteiger charge is -2.44. The second-order valence-electron chi connectivity index (χ2n) is 5.63. The SMILES string of the molecule is CC1CC2CC(C1)CC(C)(C#N)C2. The molecule has 0 amide bonds. The fourth-order valence-corrected chi connectivity index (χ4v) is 3.68. The Morgan fingerprint density at radius 1 is 1.15 bits per heavy atom. The van der Waals surface area contributed by atoms with Crippen LogP contribution in [0, 0.1) is 34.5 Å². The van der Waals surface area contributed by atoms with Crippen molar-refractivity contribution in [2.24, 2.45) is 23.2 Å². The van der Waals surface area contributed by atoms with Crippen molar-refractivity contribution in [2.45, 2.75) is 46.0 Å². The second kappa shape index (κ2) is 3.01. The van der Waals surface area contributed by atoms with E-state index in [0.717, 1.165) is 30.6 Å². The first-order valence-corrected chi connectivity index (χ1v) is 5.52. The van der Waals surface area contributed by atoms with Crippen molar-refractivity contribution >= 4 is 0 Å². The van der Waals surface area contributed by atoms with Crippen molar-refractivity contribution < 1.29 is 0 Å². The molecule has 0 radical (unpaired) electrons. The molecule has 0 saturated heterocycles. The van der Waals surface area contributed by atoms with Crippen LogP contribution in [0.3, 0.4) is 0 Å². The molecular formula is C12H19N. The van der Waals surface area contributed by atoms with E-state index < -0.39 is 0 Å². The molecule has 0 heterocycles. The first-order valence-electron chi connectivity index (χ1n) is 5.52. The molecule has 72 valence electrons. The zero-order chi connectivity index (χ0) is 9.47. The van der Waals surface area contributed by atoms with Crippen LogP contribution in [0.25, 0.3) is 0 Å². The lowest BCUT2D eigenvalue weighted by Crippen LogP contribution is -2.35. The average Bonchev–Trinajstić information content (AvgIpc) is 2.01. The van der Waals surface area contributed by atoms with Gasteiger partial charge in [0.05, 0.1) is 11.5 Å². The first-order chi connectivity index (χ1) is 6.11. The van der Waals surface area contributed by atoms with Gasteiger partial charge in [0.2, 0.25) is 0 Å². The summed E-state index contributed by atoms with van der Waals surface area (Å²) in [6, 6.07) is 2.52. The van der Waals surface area contributed by atoms with Crippen LogP contribution in [0.4, 0.5) is 0 Å². The molecule has 13 heavy (non-hydrogen) atoms. The molecule has 0 aliphatic heterocycles. The molecule has 2 aliphatic carbocycles. The Labute approximate surface area is 81.1 Å². The van der Waals surface area contributed by atoms with Gasteiger partial charge in [-0.25, -0.2) is 0 Å². The number of nitrogens with zero attached hydrogens (tertiary/aromatic N) is 1. The van der Waals surface area contributed by atoms with E-state index in [9.17, 15) is 0 Å². The molecule has 1 nitrogen and oxygen atoms in total. The molecule has 0 N–H and O–H groups in total. The Morgan fingerprint density at radius 2 is 1.69 bits per heavy atom. The summed E-state index contributed by atoms with van der Waals surface area (Å²) in [5, 5.41) is 9.12. The summed E-state index contributed by atoms with van der Waals surface area (Å²) in [5.41, 5.74) is 0.00766. The van der Waals surface area contributed by atoms with Gasteiger partial charge in [0.15, 0.2) is 0 Å². The molecule has 2 rings (SSSR count). The number of nitriles is 1. The van der Waals surface area contributed by atoms with Crippen LogP contribution in [0.15, 0.2) is 0 Å². The Balaban J connectivity index is 2.10.